The van der Waals surface area contributed by atoms with Crippen LogP contribution in [-0.2, 0) is 0 Å². The Labute approximate surface area is 150 Å². The molecule has 5 nitrogen and oxygen atoms in total. The second-order valence-electron chi connectivity index (χ2n) is 6.95. The van der Waals surface area contributed by atoms with Crippen LogP contribution in [0, 0.1) is 45.3 Å². The Morgan fingerprint density at radius 1 is 1.28 bits per heavy atom. The van der Waals surface area contributed by atoms with E-state index in [-0.39, 0.29) is 23.6 Å². The molecule has 6 heteroatoms. The van der Waals surface area contributed by atoms with Gasteiger partial charge in [0.2, 0.25) is 0 Å². The molecule has 1 saturated heterocycles. The van der Waals surface area contributed by atoms with Crippen molar-refractivity contribution in [2.75, 3.05) is 7.05 Å². The minimum atomic E-state index is -1.51. The number of nitrogens with two attached hydrogens (primary N) is 1. The number of hydrogen-bond acceptors (Lipinski definition) is 6. The third-order valence-electron chi connectivity index (χ3n) is 6.07. The van der Waals surface area contributed by atoms with Crippen molar-refractivity contribution >= 4 is 11.3 Å². The summed E-state index contributed by atoms with van der Waals surface area (Å²) in [5.74, 6) is -0.416. The largest absolute Gasteiger partial charge is 0.399 e. The van der Waals surface area contributed by atoms with E-state index >= 15 is 0 Å². The summed E-state index contributed by atoms with van der Waals surface area (Å²) in [4.78, 5) is 3.31. The minimum Gasteiger partial charge on any atom is -0.399 e. The van der Waals surface area contributed by atoms with E-state index in [4.69, 9.17) is 5.73 Å². The fraction of sp³-hybridized carbons (Fsp3) is 0.421. The number of nitrogens with zero attached hydrogens (tertiary/aromatic N) is 4. The average molecular weight is 347 g/mol. The molecular formula is C19H17N5S. The van der Waals surface area contributed by atoms with Crippen LogP contribution in [0.3, 0.4) is 0 Å². The molecule has 3 heterocycles. The Morgan fingerprint density at radius 2 is 2.04 bits per heavy atom. The predicted molar refractivity (Wildman–Crippen MR) is 93.7 cm³/mol. The van der Waals surface area contributed by atoms with Crippen molar-refractivity contribution in [3.05, 3.63) is 45.3 Å². The zero-order chi connectivity index (χ0) is 17.8. The molecule has 0 amide bonds. The molecule has 1 aromatic heterocycles. The van der Waals surface area contributed by atoms with E-state index in [1.807, 2.05) is 17.5 Å². The smallest absolute Gasteiger partial charge is 0.192 e. The van der Waals surface area contributed by atoms with Gasteiger partial charge in [0.25, 0.3) is 0 Å². The Hall–Kier alpha value is -2.59. The van der Waals surface area contributed by atoms with Crippen molar-refractivity contribution in [1.82, 2.24) is 4.90 Å². The third-order valence-corrected chi connectivity index (χ3v) is 7.03. The second kappa shape index (κ2) is 5.46. The van der Waals surface area contributed by atoms with Gasteiger partial charge in [-0.3, -0.25) is 4.90 Å². The highest BCUT2D eigenvalue weighted by Crippen LogP contribution is 2.58. The summed E-state index contributed by atoms with van der Waals surface area (Å²) in [7, 11) is 2.09. The molecule has 2 aliphatic heterocycles. The second-order valence-corrected chi connectivity index (χ2v) is 7.93. The van der Waals surface area contributed by atoms with Gasteiger partial charge in [-0.05, 0) is 36.9 Å². The zero-order valence-corrected chi connectivity index (χ0v) is 14.6. The van der Waals surface area contributed by atoms with E-state index in [0.717, 1.165) is 23.3 Å². The van der Waals surface area contributed by atoms with E-state index in [0.29, 0.717) is 11.6 Å². The molecule has 1 fully saturated rings. The molecule has 124 valence electrons. The molecule has 4 rings (SSSR count). The first-order valence-electron chi connectivity index (χ1n) is 8.29. The summed E-state index contributed by atoms with van der Waals surface area (Å²) < 4.78 is 0. The maximum Gasteiger partial charge on any atom is 0.192 e. The van der Waals surface area contributed by atoms with Crippen molar-refractivity contribution in [2.45, 2.75) is 30.8 Å². The lowest BCUT2D eigenvalue weighted by atomic mass is 9.58. The maximum absolute atomic E-state index is 10.00. The van der Waals surface area contributed by atoms with Gasteiger partial charge in [0.05, 0.1) is 23.4 Å². The summed E-state index contributed by atoms with van der Waals surface area (Å²) >= 11 is 1.55. The summed E-state index contributed by atoms with van der Waals surface area (Å²) in [6, 6.07) is 11.0. The van der Waals surface area contributed by atoms with Gasteiger partial charge in [-0.25, -0.2) is 0 Å². The van der Waals surface area contributed by atoms with Crippen molar-refractivity contribution in [3.63, 3.8) is 0 Å². The number of rotatable bonds is 1. The van der Waals surface area contributed by atoms with Crippen molar-refractivity contribution in [3.8, 4) is 18.2 Å². The highest BCUT2D eigenvalue weighted by atomic mass is 32.1. The Balaban J connectivity index is 2.05. The monoisotopic (exact) mass is 347 g/mol. The van der Waals surface area contributed by atoms with Crippen molar-refractivity contribution in [1.29, 1.82) is 15.8 Å². The molecule has 0 unspecified atom stereocenters. The normalized spacial score (nSPS) is 33.0. The van der Waals surface area contributed by atoms with Gasteiger partial charge in [0.1, 0.15) is 6.07 Å². The molecule has 25 heavy (non-hydrogen) atoms. The van der Waals surface area contributed by atoms with Gasteiger partial charge in [-0.2, -0.15) is 15.8 Å². The SMILES string of the molecule is CN1[C@H]2C=C3C(C#N)=C(N)C(C#N)(C#N)[C@H](c4cccs4)[C@H]3[C@@H]1CC2. The first-order valence-corrected chi connectivity index (χ1v) is 9.17. The topological polar surface area (TPSA) is 101 Å². The van der Waals surface area contributed by atoms with Crippen molar-refractivity contribution in [2.24, 2.45) is 17.1 Å². The first-order chi connectivity index (χ1) is 12.1. The van der Waals surface area contributed by atoms with E-state index in [2.05, 4.69) is 36.2 Å². The molecule has 2 N–H and O–H groups in total. The molecule has 0 spiro atoms. The molecule has 0 saturated carbocycles. The molecule has 1 aromatic rings. The summed E-state index contributed by atoms with van der Waals surface area (Å²) in [5.41, 5.74) is 6.19. The highest BCUT2D eigenvalue weighted by Gasteiger charge is 2.58. The molecule has 3 aliphatic rings. The molecule has 1 aliphatic carbocycles. The first kappa shape index (κ1) is 15.9. The Kier molecular flexibility index (Phi) is 3.48. The van der Waals surface area contributed by atoms with E-state index in [1.165, 1.54) is 0 Å². The van der Waals surface area contributed by atoms with Gasteiger partial charge >= 0.3 is 0 Å². The standard InChI is InChI=1S/C19H17N5S/c1-24-11-4-5-14(24)16-12(7-11)13(8-20)18(23)19(9-21,10-22)17(16)15-3-2-6-25-15/h2-3,6-7,11,14,16-17H,4-5,23H2,1H3/t11-,14+,16-,17-/m1/s1. The molecule has 0 radical (unpaired) electrons. The Morgan fingerprint density at radius 3 is 2.64 bits per heavy atom. The van der Waals surface area contributed by atoms with Crippen LogP contribution in [0.5, 0.6) is 0 Å². The lowest BCUT2D eigenvalue weighted by Crippen LogP contribution is -2.51. The maximum atomic E-state index is 10.00. The quantitative estimate of drug-likeness (QED) is 0.841. The summed E-state index contributed by atoms with van der Waals surface area (Å²) in [5, 5.41) is 31.7. The third kappa shape index (κ3) is 1.89. The molecule has 4 atom stereocenters. The van der Waals surface area contributed by atoms with Gasteiger partial charge < -0.3 is 5.73 Å². The van der Waals surface area contributed by atoms with Crippen LogP contribution in [0.4, 0.5) is 0 Å². The average Bonchev–Trinajstić information content (AvgIpc) is 3.21. The number of thiophene rings is 1. The van der Waals surface area contributed by atoms with Crippen LogP contribution in [0.25, 0.3) is 0 Å². The van der Waals surface area contributed by atoms with E-state index in [9.17, 15) is 15.8 Å². The molecular weight excluding hydrogens is 330 g/mol. The van der Waals surface area contributed by atoms with Gasteiger partial charge in [0, 0.05) is 28.8 Å². The summed E-state index contributed by atoms with van der Waals surface area (Å²) in [6.07, 6.45) is 4.17. The van der Waals surface area contributed by atoms with Crippen LogP contribution >= 0.6 is 11.3 Å². The lowest BCUT2D eigenvalue weighted by Gasteiger charge is -2.47. The van der Waals surface area contributed by atoms with Crippen LogP contribution in [0.1, 0.15) is 23.6 Å². The molecule has 0 aromatic carbocycles. The fourth-order valence-corrected chi connectivity index (χ4v) is 5.80. The van der Waals surface area contributed by atoms with Gasteiger partial charge in [-0.15, -0.1) is 11.3 Å². The zero-order valence-electron chi connectivity index (χ0n) is 13.8. The van der Waals surface area contributed by atoms with Crippen LogP contribution in [0.15, 0.2) is 40.4 Å². The number of fused-ring (bicyclic) bond motifs is 4. The highest BCUT2D eigenvalue weighted by molar-refractivity contribution is 7.10. The van der Waals surface area contributed by atoms with Crippen LogP contribution in [-0.4, -0.2) is 24.0 Å². The van der Waals surface area contributed by atoms with E-state index in [1.54, 1.807) is 11.3 Å². The van der Waals surface area contributed by atoms with Crippen LogP contribution in [0.2, 0.25) is 0 Å². The van der Waals surface area contributed by atoms with Gasteiger partial charge in [0.15, 0.2) is 5.41 Å². The summed E-state index contributed by atoms with van der Waals surface area (Å²) in [6.45, 7) is 0. The lowest BCUT2D eigenvalue weighted by molar-refractivity contribution is 0.162. The predicted octanol–water partition coefficient (Wildman–Crippen LogP) is 2.63. The van der Waals surface area contributed by atoms with Gasteiger partial charge in [-0.1, -0.05) is 12.1 Å². The Bertz CT molecular complexity index is 891. The van der Waals surface area contributed by atoms with Crippen LogP contribution < -0.4 is 5.73 Å². The number of likely N-dealkylation sites (N-methyl/N-ethyl adjacent to an activating group) is 1. The minimum absolute atomic E-state index is 0.0661. The fourth-order valence-electron chi connectivity index (χ4n) is 4.86. The number of hydrogen-bond donors (Lipinski definition) is 1. The number of allylic oxidation sites excluding steroid dienone is 2. The van der Waals surface area contributed by atoms with E-state index < -0.39 is 5.41 Å². The van der Waals surface area contributed by atoms with Crippen molar-refractivity contribution < 1.29 is 0 Å². The number of nitriles is 3. The molecule has 2 bridgehead atoms.